The minimum absolute atomic E-state index is 0.0987. The zero-order valence-corrected chi connectivity index (χ0v) is 56.7. The van der Waals surface area contributed by atoms with E-state index in [9.17, 15) is 43.2 Å². The van der Waals surface area contributed by atoms with Gasteiger partial charge in [-0.3, -0.25) is 37.3 Å². The molecule has 85 heavy (non-hydrogen) atoms. The van der Waals surface area contributed by atoms with Crippen molar-refractivity contribution in [2.45, 2.75) is 349 Å². The van der Waals surface area contributed by atoms with E-state index in [0.29, 0.717) is 25.7 Å². The van der Waals surface area contributed by atoms with E-state index in [4.69, 9.17) is 37.0 Å². The van der Waals surface area contributed by atoms with Crippen molar-refractivity contribution in [2.75, 3.05) is 39.6 Å². The number of rotatable bonds is 65. The van der Waals surface area contributed by atoms with E-state index in [-0.39, 0.29) is 25.7 Å². The molecule has 3 N–H and O–H groups in total. The summed E-state index contributed by atoms with van der Waals surface area (Å²) in [5.74, 6) is -0.553. The van der Waals surface area contributed by atoms with Gasteiger partial charge in [0, 0.05) is 25.7 Å². The van der Waals surface area contributed by atoms with Gasteiger partial charge in [0.15, 0.2) is 12.2 Å². The number of aliphatic hydroxyl groups excluding tert-OH is 1. The van der Waals surface area contributed by atoms with Gasteiger partial charge in [0.1, 0.15) is 19.3 Å². The minimum Gasteiger partial charge on any atom is -0.462 e. The summed E-state index contributed by atoms with van der Waals surface area (Å²) in [7, 11) is -9.87. The summed E-state index contributed by atoms with van der Waals surface area (Å²) in [5.41, 5.74) is 0. The van der Waals surface area contributed by atoms with Crippen LogP contribution in [-0.2, 0) is 65.4 Å². The highest BCUT2D eigenvalue weighted by molar-refractivity contribution is 7.47. The van der Waals surface area contributed by atoms with Gasteiger partial charge in [-0.15, -0.1) is 0 Å². The van der Waals surface area contributed by atoms with Crippen molar-refractivity contribution in [3.8, 4) is 0 Å². The fourth-order valence-corrected chi connectivity index (χ4v) is 11.5. The third kappa shape index (κ3) is 60.7. The number of unbranched alkanes of at least 4 members (excludes halogenated alkanes) is 35. The first-order valence-corrected chi connectivity index (χ1v) is 37.5. The van der Waals surface area contributed by atoms with Crippen molar-refractivity contribution < 1.29 is 80.2 Å². The molecular formula is C66H128O17P2. The quantitative estimate of drug-likeness (QED) is 0.0222. The number of hydrogen-bond donors (Lipinski definition) is 3. The van der Waals surface area contributed by atoms with Crippen molar-refractivity contribution in [2.24, 2.45) is 11.8 Å². The van der Waals surface area contributed by atoms with E-state index < -0.39 is 97.5 Å². The largest absolute Gasteiger partial charge is 0.472 e. The normalized spacial score (nSPS) is 14.2. The summed E-state index contributed by atoms with van der Waals surface area (Å²) in [4.78, 5) is 71.8. The standard InChI is InChI=1S/C66H128O17P2/c1-7-9-11-34-42-48-63(68)76-54-61(82-65(70)50-44-35-12-10-8-2)56-80-84(72,73)78-52-60(67)53-79-85(74,75)81-57-62(55-77-64(69)49-43-38-32-28-24-21-17-19-23-27-31-37-41-47-59(5)6)83-66(71)51-45-39-33-29-25-20-16-14-13-15-18-22-26-30-36-40-46-58(3)4/h58-62,67H,7-57H2,1-6H3,(H,72,73)(H,74,75)/t60-,61+,62+/m0/s1. The zero-order chi connectivity index (χ0) is 62.9. The highest BCUT2D eigenvalue weighted by Gasteiger charge is 2.30. The first-order chi connectivity index (χ1) is 40.9. The van der Waals surface area contributed by atoms with Crippen LogP contribution in [0.5, 0.6) is 0 Å². The maximum atomic E-state index is 13.0. The molecule has 0 radical (unpaired) electrons. The first kappa shape index (κ1) is 83.1. The van der Waals surface area contributed by atoms with Gasteiger partial charge in [0.25, 0.3) is 0 Å². The monoisotopic (exact) mass is 1250 g/mol. The van der Waals surface area contributed by atoms with Crippen LogP contribution in [0, 0.1) is 11.8 Å². The molecule has 0 fully saturated rings. The number of phosphoric acid groups is 2. The van der Waals surface area contributed by atoms with Gasteiger partial charge in [-0.25, -0.2) is 9.13 Å². The second-order valence-corrected chi connectivity index (χ2v) is 27.7. The summed E-state index contributed by atoms with van der Waals surface area (Å²) < 4.78 is 67.6. The topological polar surface area (TPSA) is 237 Å². The van der Waals surface area contributed by atoms with Crippen LogP contribution in [0.4, 0.5) is 0 Å². The molecule has 0 heterocycles. The molecule has 0 aromatic carbocycles. The number of ether oxygens (including phenoxy) is 4. The maximum absolute atomic E-state index is 13.0. The molecule has 504 valence electrons. The SMILES string of the molecule is CCCCCCCC(=O)OC[C@H](COP(=O)(O)OC[C@H](O)COP(=O)(O)OC[C@@H](COC(=O)CCCCCCCCCCCCCCCC(C)C)OC(=O)CCCCCCCCCCCCCCCCCCC(C)C)OC(=O)CCCCCCC. The Labute approximate surface area is 517 Å². The van der Waals surface area contributed by atoms with Gasteiger partial charge in [-0.2, -0.15) is 0 Å². The lowest BCUT2D eigenvalue weighted by atomic mass is 10.0. The Morgan fingerprint density at radius 2 is 0.541 bits per heavy atom. The van der Waals surface area contributed by atoms with E-state index in [1.54, 1.807) is 0 Å². The molecule has 0 aromatic heterocycles. The number of carbonyl (C=O) groups is 4. The molecule has 0 bridgehead atoms. The summed E-state index contributed by atoms with van der Waals surface area (Å²) >= 11 is 0. The van der Waals surface area contributed by atoms with Crippen molar-refractivity contribution in [1.29, 1.82) is 0 Å². The first-order valence-electron chi connectivity index (χ1n) is 34.5. The Morgan fingerprint density at radius 3 is 0.800 bits per heavy atom. The molecule has 5 atom stereocenters. The van der Waals surface area contributed by atoms with Gasteiger partial charge < -0.3 is 33.8 Å². The summed E-state index contributed by atoms with van der Waals surface area (Å²) in [6.07, 6.45) is 42.6. The summed E-state index contributed by atoms with van der Waals surface area (Å²) in [6.45, 7) is 9.38. The molecule has 2 unspecified atom stereocenters. The molecule has 0 rings (SSSR count). The molecule has 0 aromatic rings. The second-order valence-electron chi connectivity index (χ2n) is 24.8. The van der Waals surface area contributed by atoms with Crippen molar-refractivity contribution in [3.05, 3.63) is 0 Å². The molecule has 0 aliphatic heterocycles. The number of esters is 4. The second kappa shape index (κ2) is 58.4. The Balaban J connectivity index is 5.07. The zero-order valence-electron chi connectivity index (χ0n) is 54.9. The van der Waals surface area contributed by atoms with Crippen LogP contribution in [-0.4, -0.2) is 96.7 Å². The fraction of sp³-hybridized carbons (Fsp3) is 0.939. The lowest BCUT2D eigenvalue weighted by Crippen LogP contribution is -2.30. The number of hydrogen-bond acceptors (Lipinski definition) is 15. The molecule has 0 spiro atoms. The Hall–Kier alpha value is -1.94. The van der Waals surface area contributed by atoms with Crippen LogP contribution in [0.25, 0.3) is 0 Å². The van der Waals surface area contributed by atoms with Crippen LogP contribution in [0.1, 0.15) is 330 Å². The van der Waals surface area contributed by atoms with E-state index in [1.165, 1.54) is 141 Å². The maximum Gasteiger partial charge on any atom is 0.472 e. The lowest BCUT2D eigenvalue weighted by Gasteiger charge is -2.21. The average Bonchev–Trinajstić information content (AvgIpc) is 3.48. The number of carbonyl (C=O) groups excluding carboxylic acids is 4. The van der Waals surface area contributed by atoms with E-state index in [0.717, 1.165) is 108 Å². The van der Waals surface area contributed by atoms with Crippen molar-refractivity contribution in [3.63, 3.8) is 0 Å². The van der Waals surface area contributed by atoms with Crippen LogP contribution < -0.4 is 0 Å². The van der Waals surface area contributed by atoms with E-state index >= 15 is 0 Å². The van der Waals surface area contributed by atoms with Gasteiger partial charge in [-0.05, 0) is 37.5 Å². The fourth-order valence-electron chi connectivity index (χ4n) is 9.88. The Morgan fingerprint density at radius 1 is 0.318 bits per heavy atom. The van der Waals surface area contributed by atoms with Crippen LogP contribution in [0.3, 0.4) is 0 Å². The van der Waals surface area contributed by atoms with Gasteiger partial charge in [0.2, 0.25) is 0 Å². The predicted molar refractivity (Wildman–Crippen MR) is 340 cm³/mol. The highest BCUT2D eigenvalue weighted by atomic mass is 31.2. The molecule has 0 aliphatic rings. The molecular weight excluding hydrogens is 1130 g/mol. The molecule has 0 aliphatic carbocycles. The Bertz CT molecular complexity index is 1670. The van der Waals surface area contributed by atoms with Crippen LogP contribution in [0.2, 0.25) is 0 Å². The van der Waals surface area contributed by atoms with Crippen LogP contribution in [0.15, 0.2) is 0 Å². The molecule has 0 amide bonds. The molecule has 0 saturated carbocycles. The molecule has 0 saturated heterocycles. The third-order valence-electron chi connectivity index (χ3n) is 15.2. The average molecular weight is 1260 g/mol. The van der Waals surface area contributed by atoms with Gasteiger partial charge >= 0.3 is 39.5 Å². The number of phosphoric ester groups is 2. The summed E-state index contributed by atoms with van der Waals surface area (Å²) in [5, 5.41) is 10.5. The van der Waals surface area contributed by atoms with Crippen molar-refractivity contribution >= 4 is 39.5 Å². The van der Waals surface area contributed by atoms with Crippen LogP contribution >= 0.6 is 15.6 Å². The van der Waals surface area contributed by atoms with Gasteiger partial charge in [0.05, 0.1) is 26.4 Å². The summed E-state index contributed by atoms with van der Waals surface area (Å²) in [6, 6.07) is 0. The molecule has 17 nitrogen and oxygen atoms in total. The smallest absolute Gasteiger partial charge is 0.462 e. The minimum atomic E-state index is -4.94. The Kier molecular flexibility index (Phi) is 57.1. The highest BCUT2D eigenvalue weighted by Crippen LogP contribution is 2.45. The number of aliphatic hydroxyl groups is 1. The van der Waals surface area contributed by atoms with Crippen molar-refractivity contribution in [1.82, 2.24) is 0 Å². The van der Waals surface area contributed by atoms with E-state index in [2.05, 4.69) is 41.5 Å². The third-order valence-corrected chi connectivity index (χ3v) is 17.1. The molecule has 19 heteroatoms. The lowest BCUT2D eigenvalue weighted by molar-refractivity contribution is -0.161. The predicted octanol–water partition coefficient (Wildman–Crippen LogP) is 18.4. The van der Waals surface area contributed by atoms with E-state index in [1.807, 2.05) is 0 Å². The van der Waals surface area contributed by atoms with Gasteiger partial charge in [-0.1, -0.05) is 279 Å².